The Kier molecular flexibility index (Phi) is 7.15. The molecule has 2 saturated heterocycles. The molecule has 0 aromatic heterocycles. The van der Waals surface area contributed by atoms with Crippen molar-refractivity contribution < 1.29 is 14.3 Å². The number of hydrogen-bond donors (Lipinski definition) is 1. The zero-order chi connectivity index (χ0) is 20.1. The van der Waals surface area contributed by atoms with Crippen LogP contribution in [0.1, 0.15) is 18.1 Å². The van der Waals surface area contributed by atoms with E-state index in [1.54, 1.807) is 14.2 Å². The van der Waals surface area contributed by atoms with Crippen molar-refractivity contribution in [1.29, 1.82) is 0 Å². The molecule has 0 radical (unpaired) electrons. The normalized spacial score (nSPS) is 21.6. The second-order valence-corrected chi connectivity index (χ2v) is 7.81. The highest BCUT2D eigenvalue weighted by Crippen LogP contribution is 2.31. The van der Waals surface area contributed by atoms with Gasteiger partial charge in [-0.2, -0.15) is 0 Å². The minimum atomic E-state index is 0.260. The number of hydrogen-bond acceptors (Lipinski definition) is 6. The first-order valence-electron chi connectivity index (χ1n) is 10.2. The largest absolute Gasteiger partial charge is 0.493 e. The van der Waals surface area contributed by atoms with Crippen LogP contribution in [-0.2, 0) is 11.3 Å². The Balaban J connectivity index is 1.52. The van der Waals surface area contributed by atoms with Gasteiger partial charge >= 0.3 is 0 Å². The molecule has 0 unspecified atom stereocenters. The third-order valence-corrected chi connectivity index (χ3v) is 5.94. The van der Waals surface area contributed by atoms with Gasteiger partial charge in [-0.25, -0.2) is 0 Å². The summed E-state index contributed by atoms with van der Waals surface area (Å²) in [6.45, 7) is 12.0. The molecule has 156 valence electrons. The molecule has 7 heteroatoms. The van der Waals surface area contributed by atoms with Crippen LogP contribution in [0.4, 0.5) is 0 Å². The summed E-state index contributed by atoms with van der Waals surface area (Å²) >= 11 is 0. The van der Waals surface area contributed by atoms with Crippen molar-refractivity contribution in [2.75, 3.05) is 66.6 Å². The van der Waals surface area contributed by atoms with Gasteiger partial charge in [0.1, 0.15) is 0 Å². The number of carbonyl (C=O) groups is 1. The molecule has 2 heterocycles. The molecule has 1 N–H and O–H groups in total. The summed E-state index contributed by atoms with van der Waals surface area (Å²) < 4.78 is 10.8. The van der Waals surface area contributed by atoms with Crippen molar-refractivity contribution in [2.24, 2.45) is 0 Å². The zero-order valence-electron chi connectivity index (χ0n) is 17.7. The lowest BCUT2D eigenvalue weighted by atomic mass is 10.1. The standard InChI is InChI=1S/C21H34N4O3/c1-16-11-19(27-3)20(28-4)12-18(16)14-23-7-9-24(10-8-23)21(26)15-25-6-5-22-13-17(25)2/h11-12,17,22H,5-10,13-15H2,1-4H3/t17-/m0/s1. The highest BCUT2D eigenvalue weighted by Gasteiger charge is 2.26. The summed E-state index contributed by atoms with van der Waals surface area (Å²) in [4.78, 5) is 19.4. The smallest absolute Gasteiger partial charge is 0.236 e. The van der Waals surface area contributed by atoms with Crippen LogP contribution in [0.2, 0.25) is 0 Å². The van der Waals surface area contributed by atoms with Gasteiger partial charge in [-0.15, -0.1) is 0 Å². The maximum atomic E-state index is 12.7. The number of benzene rings is 1. The molecule has 2 fully saturated rings. The number of carbonyl (C=O) groups excluding carboxylic acids is 1. The highest BCUT2D eigenvalue weighted by atomic mass is 16.5. The van der Waals surface area contributed by atoms with E-state index in [4.69, 9.17) is 9.47 Å². The van der Waals surface area contributed by atoms with Crippen LogP contribution >= 0.6 is 0 Å². The van der Waals surface area contributed by atoms with Crippen molar-refractivity contribution >= 4 is 5.91 Å². The van der Waals surface area contributed by atoms with E-state index in [0.29, 0.717) is 12.6 Å². The van der Waals surface area contributed by atoms with Gasteiger partial charge in [0.05, 0.1) is 20.8 Å². The Morgan fingerprint density at radius 2 is 1.79 bits per heavy atom. The number of piperazine rings is 2. The molecule has 3 rings (SSSR count). The second-order valence-electron chi connectivity index (χ2n) is 7.81. The number of aryl methyl sites for hydroxylation is 1. The zero-order valence-corrected chi connectivity index (χ0v) is 17.7. The molecule has 2 aliphatic heterocycles. The maximum absolute atomic E-state index is 12.7. The lowest BCUT2D eigenvalue weighted by Crippen LogP contribution is -2.55. The summed E-state index contributed by atoms with van der Waals surface area (Å²) in [7, 11) is 3.33. The van der Waals surface area contributed by atoms with Crippen LogP contribution < -0.4 is 14.8 Å². The predicted octanol–water partition coefficient (Wildman–Crippen LogP) is 0.950. The third kappa shape index (κ3) is 4.96. The van der Waals surface area contributed by atoms with E-state index in [-0.39, 0.29) is 5.91 Å². The van der Waals surface area contributed by atoms with Gasteiger partial charge in [-0.05, 0) is 37.1 Å². The van der Waals surface area contributed by atoms with Gasteiger partial charge in [0, 0.05) is 58.4 Å². The van der Waals surface area contributed by atoms with Gasteiger partial charge in [0.2, 0.25) is 5.91 Å². The fourth-order valence-electron chi connectivity index (χ4n) is 3.98. The first-order valence-corrected chi connectivity index (χ1v) is 10.2. The summed E-state index contributed by atoms with van der Waals surface area (Å²) in [6.07, 6.45) is 0. The molecule has 28 heavy (non-hydrogen) atoms. The molecule has 7 nitrogen and oxygen atoms in total. The quantitative estimate of drug-likeness (QED) is 0.781. The highest BCUT2D eigenvalue weighted by molar-refractivity contribution is 5.78. The average Bonchev–Trinajstić information content (AvgIpc) is 2.71. The van der Waals surface area contributed by atoms with Crippen LogP contribution in [0.5, 0.6) is 11.5 Å². The van der Waals surface area contributed by atoms with Crippen LogP contribution in [0, 0.1) is 6.92 Å². The van der Waals surface area contributed by atoms with Crippen LogP contribution in [0.15, 0.2) is 12.1 Å². The van der Waals surface area contributed by atoms with Gasteiger partial charge in [-0.3, -0.25) is 14.6 Å². The van der Waals surface area contributed by atoms with Gasteiger partial charge in [0.15, 0.2) is 11.5 Å². The number of ether oxygens (including phenoxy) is 2. The van der Waals surface area contributed by atoms with E-state index in [1.165, 1.54) is 11.1 Å². The topological polar surface area (TPSA) is 57.3 Å². The first kappa shape index (κ1) is 20.9. The SMILES string of the molecule is COc1cc(C)c(CN2CCN(C(=O)CN3CCNC[C@@H]3C)CC2)cc1OC. The van der Waals surface area contributed by atoms with Crippen LogP contribution in [0.25, 0.3) is 0 Å². The van der Waals surface area contributed by atoms with Crippen LogP contribution in [-0.4, -0.2) is 93.2 Å². The van der Waals surface area contributed by atoms with Crippen molar-refractivity contribution in [3.05, 3.63) is 23.3 Å². The van der Waals surface area contributed by atoms with E-state index in [9.17, 15) is 4.79 Å². The lowest BCUT2D eigenvalue weighted by molar-refractivity contribution is -0.135. The Morgan fingerprint density at radius 3 is 2.43 bits per heavy atom. The molecule has 0 aliphatic carbocycles. The van der Waals surface area contributed by atoms with E-state index in [2.05, 4.69) is 35.0 Å². The van der Waals surface area contributed by atoms with E-state index < -0.39 is 0 Å². The summed E-state index contributed by atoms with van der Waals surface area (Å²) in [6, 6.07) is 4.52. The minimum Gasteiger partial charge on any atom is -0.493 e. The molecule has 1 aromatic carbocycles. The average molecular weight is 391 g/mol. The van der Waals surface area contributed by atoms with E-state index in [1.807, 2.05) is 11.0 Å². The molecule has 2 aliphatic rings. The van der Waals surface area contributed by atoms with E-state index in [0.717, 1.165) is 63.9 Å². The number of nitrogens with zero attached hydrogens (tertiary/aromatic N) is 3. The fraction of sp³-hybridized carbons (Fsp3) is 0.667. The third-order valence-electron chi connectivity index (χ3n) is 5.94. The number of amides is 1. The van der Waals surface area contributed by atoms with Gasteiger partial charge < -0.3 is 19.7 Å². The number of rotatable bonds is 6. The van der Waals surface area contributed by atoms with Crippen LogP contribution in [0.3, 0.4) is 0 Å². The molecule has 1 atom stereocenters. The van der Waals surface area contributed by atoms with Crippen molar-refractivity contribution in [3.63, 3.8) is 0 Å². The molecule has 0 bridgehead atoms. The number of nitrogens with one attached hydrogen (secondary N) is 1. The molecule has 0 spiro atoms. The monoisotopic (exact) mass is 390 g/mol. The summed E-state index contributed by atoms with van der Waals surface area (Å²) in [5, 5.41) is 3.38. The lowest BCUT2D eigenvalue weighted by Gasteiger charge is -2.38. The van der Waals surface area contributed by atoms with Gasteiger partial charge in [0.25, 0.3) is 0 Å². The molecular formula is C21H34N4O3. The molecule has 1 aromatic rings. The van der Waals surface area contributed by atoms with Crippen molar-refractivity contribution in [1.82, 2.24) is 20.0 Å². The Morgan fingerprint density at radius 1 is 1.11 bits per heavy atom. The molecular weight excluding hydrogens is 356 g/mol. The second kappa shape index (κ2) is 9.58. The van der Waals surface area contributed by atoms with Crippen molar-refractivity contribution in [2.45, 2.75) is 26.4 Å². The Bertz CT molecular complexity index is 674. The van der Waals surface area contributed by atoms with Crippen molar-refractivity contribution in [3.8, 4) is 11.5 Å². The Hall–Kier alpha value is -1.83. The summed E-state index contributed by atoms with van der Waals surface area (Å²) in [5.41, 5.74) is 2.44. The van der Waals surface area contributed by atoms with E-state index >= 15 is 0 Å². The summed E-state index contributed by atoms with van der Waals surface area (Å²) in [5.74, 6) is 1.79. The van der Waals surface area contributed by atoms with Gasteiger partial charge in [-0.1, -0.05) is 0 Å². The predicted molar refractivity (Wildman–Crippen MR) is 110 cm³/mol. The fourth-order valence-corrected chi connectivity index (χ4v) is 3.98. The maximum Gasteiger partial charge on any atom is 0.236 e. The first-order chi connectivity index (χ1) is 13.5. The molecule has 0 saturated carbocycles. The minimum absolute atomic E-state index is 0.260. The Labute approximate surface area is 168 Å². The molecule has 1 amide bonds. The number of methoxy groups -OCH3 is 2.